The largest absolute Gasteiger partial charge is 0.337 e. The Morgan fingerprint density at radius 1 is 1.08 bits per heavy atom. The van der Waals surface area contributed by atoms with Crippen molar-refractivity contribution < 1.29 is 4.79 Å². The molecule has 2 amide bonds. The number of carbonyl (C=O) groups is 1. The van der Waals surface area contributed by atoms with E-state index in [0.29, 0.717) is 19.0 Å². The molecule has 1 aliphatic rings. The summed E-state index contributed by atoms with van der Waals surface area (Å²) >= 11 is 0. The van der Waals surface area contributed by atoms with Crippen LogP contribution < -0.4 is 5.32 Å². The van der Waals surface area contributed by atoms with Crippen molar-refractivity contribution in [2.24, 2.45) is 0 Å². The van der Waals surface area contributed by atoms with Gasteiger partial charge in [0, 0.05) is 19.6 Å². The van der Waals surface area contributed by atoms with Gasteiger partial charge in [0.15, 0.2) is 0 Å². The monoisotopic (exact) mass is 320 g/mol. The third-order valence-corrected chi connectivity index (χ3v) is 4.57. The Morgan fingerprint density at radius 3 is 2.38 bits per heavy atom. The Labute approximate surface area is 144 Å². The van der Waals surface area contributed by atoms with Crippen molar-refractivity contribution in [1.29, 1.82) is 0 Å². The fourth-order valence-corrected chi connectivity index (χ4v) is 3.02. The summed E-state index contributed by atoms with van der Waals surface area (Å²) in [6.07, 6.45) is 3.07. The third kappa shape index (κ3) is 4.05. The lowest BCUT2D eigenvalue weighted by molar-refractivity contribution is 0.202. The minimum atomic E-state index is 0.0288. The van der Waals surface area contributed by atoms with Crippen LogP contribution in [0.2, 0.25) is 0 Å². The van der Waals surface area contributed by atoms with Gasteiger partial charge < -0.3 is 10.2 Å². The summed E-state index contributed by atoms with van der Waals surface area (Å²) in [6, 6.07) is 20.7. The molecule has 2 aromatic carbocycles. The van der Waals surface area contributed by atoms with E-state index in [2.05, 4.69) is 54.7 Å². The lowest BCUT2D eigenvalue weighted by atomic mass is 10.00. The molecular weight excluding hydrogens is 296 g/mol. The number of urea groups is 1. The number of hydrogen-bond acceptors (Lipinski definition) is 1. The van der Waals surface area contributed by atoms with Crippen LogP contribution in [0.1, 0.15) is 30.4 Å². The zero-order valence-electron chi connectivity index (χ0n) is 14.1. The first-order valence-corrected chi connectivity index (χ1v) is 8.56. The number of hydrogen-bond donors (Lipinski definition) is 1. The minimum Gasteiger partial charge on any atom is -0.337 e. The first kappa shape index (κ1) is 16.3. The van der Waals surface area contributed by atoms with Crippen LogP contribution in [0.3, 0.4) is 0 Å². The summed E-state index contributed by atoms with van der Waals surface area (Å²) in [5, 5.41) is 3.06. The molecule has 0 aromatic heterocycles. The minimum absolute atomic E-state index is 0.0288. The standard InChI is InChI=1S/C21H24N2O/c1-17(18-8-4-2-5-9-18)16-22-21(24)23-14-12-20(13-15-23)19-10-6-3-7-11-19/h2-12,17H,13-16H2,1H3,(H,22,24). The molecule has 1 atom stereocenters. The second-order valence-electron chi connectivity index (χ2n) is 6.29. The van der Waals surface area contributed by atoms with E-state index in [-0.39, 0.29) is 6.03 Å². The van der Waals surface area contributed by atoms with Crippen molar-refractivity contribution in [3.05, 3.63) is 77.9 Å². The molecule has 3 nitrogen and oxygen atoms in total. The summed E-state index contributed by atoms with van der Waals surface area (Å²) in [7, 11) is 0. The van der Waals surface area contributed by atoms with Crippen molar-refractivity contribution in [2.45, 2.75) is 19.3 Å². The van der Waals surface area contributed by atoms with E-state index in [1.54, 1.807) is 0 Å². The third-order valence-electron chi connectivity index (χ3n) is 4.57. The number of nitrogens with zero attached hydrogens (tertiary/aromatic N) is 1. The molecule has 24 heavy (non-hydrogen) atoms. The highest BCUT2D eigenvalue weighted by Crippen LogP contribution is 2.22. The van der Waals surface area contributed by atoms with Crippen molar-refractivity contribution in [3.63, 3.8) is 0 Å². The van der Waals surface area contributed by atoms with Gasteiger partial charge in [0.1, 0.15) is 0 Å². The maximum absolute atomic E-state index is 12.4. The lowest BCUT2D eigenvalue weighted by Gasteiger charge is -2.27. The number of benzene rings is 2. The van der Waals surface area contributed by atoms with Crippen LogP contribution in [0.4, 0.5) is 4.79 Å². The van der Waals surface area contributed by atoms with E-state index in [4.69, 9.17) is 0 Å². The zero-order chi connectivity index (χ0) is 16.8. The zero-order valence-corrected chi connectivity index (χ0v) is 14.1. The Morgan fingerprint density at radius 2 is 1.75 bits per heavy atom. The molecule has 3 heteroatoms. The van der Waals surface area contributed by atoms with Crippen LogP contribution in [0, 0.1) is 0 Å². The van der Waals surface area contributed by atoms with Gasteiger partial charge >= 0.3 is 6.03 Å². The van der Waals surface area contributed by atoms with Gasteiger partial charge in [-0.15, -0.1) is 0 Å². The van der Waals surface area contributed by atoms with Crippen LogP contribution in [0.5, 0.6) is 0 Å². The molecule has 3 rings (SSSR count). The van der Waals surface area contributed by atoms with E-state index in [1.165, 1.54) is 16.7 Å². The second-order valence-corrected chi connectivity index (χ2v) is 6.29. The fraction of sp³-hybridized carbons (Fsp3) is 0.286. The van der Waals surface area contributed by atoms with Crippen molar-refractivity contribution in [1.82, 2.24) is 10.2 Å². The van der Waals surface area contributed by atoms with E-state index in [1.807, 2.05) is 29.2 Å². The van der Waals surface area contributed by atoms with Crippen LogP contribution in [-0.2, 0) is 0 Å². The van der Waals surface area contributed by atoms with Crippen LogP contribution in [-0.4, -0.2) is 30.6 Å². The van der Waals surface area contributed by atoms with Gasteiger partial charge in [-0.25, -0.2) is 4.79 Å². The van der Waals surface area contributed by atoms with Gasteiger partial charge in [-0.05, 0) is 29.0 Å². The first-order chi connectivity index (χ1) is 11.7. The molecule has 0 spiro atoms. The Hall–Kier alpha value is -2.55. The smallest absolute Gasteiger partial charge is 0.317 e. The molecule has 2 aromatic rings. The molecule has 0 fully saturated rings. The molecule has 0 saturated carbocycles. The van der Waals surface area contributed by atoms with E-state index >= 15 is 0 Å². The predicted octanol–water partition coefficient (Wildman–Crippen LogP) is 4.29. The molecule has 1 aliphatic heterocycles. The maximum Gasteiger partial charge on any atom is 0.317 e. The second kappa shape index (κ2) is 7.82. The topological polar surface area (TPSA) is 32.3 Å². The normalized spacial score (nSPS) is 15.5. The number of rotatable bonds is 4. The number of amides is 2. The Kier molecular flexibility index (Phi) is 5.32. The Bertz CT molecular complexity index is 694. The van der Waals surface area contributed by atoms with Crippen LogP contribution >= 0.6 is 0 Å². The highest BCUT2D eigenvalue weighted by molar-refractivity contribution is 5.76. The molecule has 1 N–H and O–H groups in total. The van der Waals surface area contributed by atoms with Crippen molar-refractivity contribution in [2.75, 3.05) is 19.6 Å². The predicted molar refractivity (Wildman–Crippen MR) is 98.9 cm³/mol. The number of carbonyl (C=O) groups excluding carboxylic acids is 1. The van der Waals surface area contributed by atoms with Crippen LogP contribution in [0.15, 0.2) is 66.7 Å². The molecule has 0 saturated heterocycles. The van der Waals surface area contributed by atoms with E-state index in [9.17, 15) is 4.79 Å². The van der Waals surface area contributed by atoms with Gasteiger partial charge in [0.2, 0.25) is 0 Å². The van der Waals surface area contributed by atoms with Gasteiger partial charge in [0.05, 0.1) is 0 Å². The van der Waals surface area contributed by atoms with Crippen LogP contribution in [0.25, 0.3) is 5.57 Å². The van der Waals surface area contributed by atoms with Crippen molar-refractivity contribution >= 4 is 11.6 Å². The summed E-state index contributed by atoms with van der Waals surface area (Å²) in [4.78, 5) is 14.2. The average Bonchev–Trinajstić information content (AvgIpc) is 2.67. The summed E-state index contributed by atoms with van der Waals surface area (Å²) < 4.78 is 0. The lowest BCUT2D eigenvalue weighted by Crippen LogP contribution is -2.43. The highest BCUT2D eigenvalue weighted by atomic mass is 16.2. The summed E-state index contributed by atoms with van der Waals surface area (Å²) in [5.41, 5.74) is 3.84. The average molecular weight is 320 g/mol. The SMILES string of the molecule is CC(CNC(=O)N1CC=C(c2ccccc2)CC1)c1ccccc1. The molecule has 0 radical (unpaired) electrons. The van der Waals surface area contributed by atoms with Gasteiger partial charge in [-0.2, -0.15) is 0 Å². The quantitative estimate of drug-likeness (QED) is 0.895. The fourth-order valence-electron chi connectivity index (χ4n) is 3.02. The van der Waals surface area contributed by atoms with E-state index in [0.717, 1.165) is 13.0 Å². The molecule has 0 aliphatic carbocycles. The van der Waals surface area contributed by atoms with Gasteiger partial charge in [-0.3, -0.25) is 0 Å². The van der Waals surface area contributed by atoms with Gasteiger partial charge in [0.25, 0.3) is 0 Å². The molecule has 0 bridgehead atoms. The van der Waals surface area contributed by atoms with E-state index < -0.39 is 0 Å². The Balaban J connectivity index is 1.51. The number of nitrogens with one attached hydrogen (secondary N) is 1. The molecule has 1 unspecified atom stereocenters. The summed E-state index contributed by atoms with van der Waals surface area (Å²) in [6.45, 7) is 4.25. The molecular formula is C21H24N2O. The van der Waals surface area contributed by atoms with Crippen molar-refractivity contribution in [3.8, 4) is 0 Å². The van der Waals surface area contributed by atoms with Gasteiger partial charge in [-0.1, -0.05) is 73.7 Å². The summed E-state index contributed by atoms with van der Waals surface area (Å²) in [5.74, 6) is 0.315. The molecule has 1 heterocycles. The maximum atomic E-state index is 12.4. The molecule has 124 valence electrons. The first-order valence-electron chi connectivity index (χ1n) is 8.56. The highest BCUT2D eigenvalue weighted by Gasteiger charge is 2.18.